The fraction of sp³-hybridized carbons (Fsp3) is 0.565. The molecule has 0 fully saturated rings. The summed E-state index contributed by atoms with van der Waals surface area (Å²) >= 11 is 1.11. The van der Waals surface area contributed by atoms with E-state index in [2.05, 4.69) is 10.4 Å². The van der Waals surface area contributed by atoms with Gasteiger partial charge in [-0.2, -0.15) is 18.3 Å². The summed E-state index contributed by atoms with van der Waals surface area (Å²) in [4.78, 5) is 39.8. The molecule has 0 aromatic carbocycles. The smallest absolute Gasteiger partial charge is 0.435 e. The first-order chi connectivity index (χ1) is 16.7. The highest BCUT2D eigenvalue weighted by atomic mass is 32.1. The number of carbonyl (C=O) groups excluding carboxylic acids is 3. The van der Waals surface area contributed by atoms with E-state index in [0.717, 1.165) is 22.4 Å². The average molecular weight is 528 g/mol. The molecule has 36 heavy (non-hydrogen) atoms. The number of primary amides is 1. The van der Waals surface area contributed by atoms with E-state index in [1.165, 1.54) is 4.90 Å². The number of amides is 3. The lowest BCUT2D eigenvalue weighted by molar-refractivity contribution is -0.142. The van der Waals surface area contributed by atoms with Crippen molar-refractivity contribution >= 4 is 34.2 Å². The average Bonchev–Trinajstić information content (AvgIpc) is 3.30. The highest BCUT2D eigenvalue weighted by Crippen LogP contribution is 2.38. The van der Waals surface area contributed by atoms with Crippen molar-refractivity contribution in [3.63, 3.8) is 0 Å². The monoisotopic (exact) mass is 527 g/mol. The molecule has 2 aromatic heterocycles. The van der Waals surface area contributed by atoms with Gasteiger partial charge in [0.25, 0.3) is 5.91 Å². The Kier molecular flexibility index (Phi) is 6.80. The number of alkyl halides is 3. The van der Waals surface area contributed by atoms with E-state index in [4.69, 9.17) is 10.5 Å². The molecular formula is C23H28F3N5O4S. The van der Waals surface area contributed by atoms with Gasteiger partial charge in [0.15, 0.2) is 5.69 Å². The number of anilines is 1. The molecule has 0 radical (unpaired) electrons. The zero-order valence-corrected chi connectivity index (χ0v) is 21.1. The van der Waals surface area contributed by atoms with Crippen LogP contribution in [0.4, 0.5) is 23.0 Å². The number of thiophene rings is 1. The van der Waals surface area contributed by atoms with Crippen molar-refractivity contribution in [1.82, 2.24) is 14.7 Å². The number of halogens is 3. The maximum atomic E-state index is 13.5. The number of ether oxygens (including phenoxy) is 1. The number of fused-ring (bicyclic) bond motifs is 2. The predicted octanol–water partition coefficient (Wildman–Crippen LogP) is 3.87. The number of hydrogen-bond donors (Lipinski definition) is 2. The Morgan fingerprint density at radius 2 is 1.81 bits per heavy atom. The van der Waals surface area contributed by atoms with Crippen LogP contribution < -0.4 is 11.1 Å². The Hall–Kier alpha value is -3.09. The molecule has 13 heteroatoms. The van der Waals surface area contributed by atoms with Gasteiger partial charge in [-0.25, -0.2) is 4.79 Å². The molecule has 0 bridgehead atoms. The van der Waals surface area contributed by atoms with Crippen LogP contribution in [0.25, 0.3) is 0 Å². The van der Waals surface area contributed by atoms with Crippen LogP contribution in [-0.4, -0.2) is 44.7 Å². The van der Waals surface area contributed by atoms with E-state index < -0.39 is 41.9 Å². The van der Waals surface area contributed by atoms with Crippen molar-refractivity contribution in [2.75, 3.05) is 11.9 Å². The lowest BCUT2D eigenvalue weighted by Crippen LogP contribution is -2.39. The molecule has 0 spiro atoms. The number of nitrogens with one attached hydrogen (secondary N) is 1. The van der Waals surface area contributed by atoms with Crippen molar-refractivity contribution in [1.29, 1.82) is 0 Å². The Morgan fingerprint density at radius 1 is 1.11 bits per heavy atom. The molecule has 1 aliphatic carbocycles. The summed E-state index contributed by atoms with van der Waals surface area (Å²) < 4.78 is 46.9. The third-order valence-electron chi connectivity index (χ3n) is 6.03. The molecule has 0 unspecified atom stereocenters. The van der Waals surface area contributed by atoms with Crippen LogP contribution in [0.3, 0.4) is 0 Å². The van der Waals surface area contributed by atoms with Gasteiger partial charge in [-0.05, 0) is 58.4 Å². The molecule has 0 saturated heterocycles. The Balaban J connectivity index is 1.55. The molecule has 3 N–H and O–H groups in total. The summed E-state index contributed by atoms with van der Waals surface area (Å²) in [6.07, 6.45) is -2.71. The fourth-order valence-corrected chi connectivity index (χ4v) is 5.85. The molecule has 3 heterocycles. The van der Waals surface area contributed by atoms with E-state index in [0.29, 0.717) is 41.9 Å². The van der Waals surface area contributed by atoms with Crippen LogP contribution in [0, 0.1) is 0 Å². The first kappa shape index (κ1) is 26.0. The number of carbonyl (C=O) groups is 3. The second-order valence-electron chi connectivity index (χ2n) is 9.91. The normalized spacial score (nSPS) is 15.8. The van der Waals surface area contributed by atoms with Crippen LogP contribution in [0.15, 0.2) is 0 Å². The molecule has 2 aromatic rings. The van der Waals surface area contributed by atoms with Crippen LogP contribution in [-0.2, 0) is 48.1 Å². The second-order valence-corrected chi connectivity index (χ2v) is 11.0. The van der Waals surface area contributed by atoms with Gasteiger partial charge in [-0.15, -0.1) is 11.3 Å². The minimum absolute atomic E-state index is 0.146. The van der Waals surface area contributed by atoms with E-state index >= 15 is 0 Å². The first-order valence-corrected chi connectivity index (χ1v) is 12.4. The van der Waals surface area contributed by atoms with Gasteiger partial charge in [0.2, 0.25) is 5.91 Å². The standard InChI is InChI=1S/C23H28F3N5O4S/c1-22(2,3)35-21(34)30-9-8-13-15(10-30)36-20(17(13)19(27)33)28-16(32)11-31-14-7-5-4-6-12(14)18(29-31)23(24,25)26/h4-11H2,1-3H3,(H2,27,33)(H,28,32). The molecule has 0 atom stereocenters. The maximum absolute atomic E-state index is 13.5. The third kappa shape index (κ3) is 5.35. The lowest BCUT2D eigenvalue weighted by Gasteiger charge is -2.30. The molecule has 2 aliphatic rings. The van der Waals surface area contributed by atoms with Gasteiger partial charge >= 0.3 is 12.3 Å². The van der Waals surface area contributed by atoms with Crippen LogP contribution in [0.1, 0.15) is 71.4 Å². The summed E-state index contributed by atoms with van der Waals surface area (Å²) in [5.74, 6) is -1.35. The minimum Gasteiger partial charge on any atom is -0.444 e. The fourth-order valence-electron chi connectivity index (χ4n) is 4.57. The predicted molar refractivity (Wildman–Crippen MR) is 126 cm³/mol. The van der Waals surface area contributed by atoms with E-state index in [1.54, 1.807) is 20.8 Å². The maximum Gasteiger partial charge on any atom is 0.435 e. The van der Waals surface area contributed by atoms with E-state index in [9.17, 15) is 27.6 Å². The minimum atomic E-state index is -4.60. The second kappa shape index (κ2) is 9.41. The van der Waals surface area contributed by atoms with Crippen molar-refractivity contribution in [3.05, 3.63) is 33.0 Å². The van der Waals surface area contributed by atoms with Crippen molar-refractivity contribution < 1.29 is 32.3 Å². The molecule has 4 rings (SSSR count). The van der Waals surface area contributed by atoms with E-state index in [1.807, 2.05) is 0 Å². The molecular weight excluding hydrogens is 499 g/mol. The zero-order chi connectivity index (χ0) is 26.4. The van der Waals surface area contributed by atoms with Crippen molar-refractivity contribution in [2.24, 2.45) is 5.73 Å². The number of aromatic nitrogens is 2. The highest BCUT2D eigenvalue weighted by Gasteiger charge is 2.40. The highest BCUT2D eigenvalue weighted by molar-refractivity contribution is 7.17. The van der Waals surface area contributed by atoms with Gasteiger partial charge in [0.1, 0.15) is 17.1 Å². The topological polar surface area (TPSA) is 120 Å². The van der Waals surface area contributed by atoms with Crippen LogP contribution in [0.5, 0.6) is 0 Å². The molecule has 0 saturated carbocycles. The number of hydrogen-bond acceptors (Lipinski definition) is 6. The summed E-state index contributed by atoms with van der Waals surface area (Å²) in [6, 6.07) is 0. The molecule has 9 nitrogen and oxygen atoms in total. The summed E-state index contributed by atoms with van der Waals surface area (Å²) in [5.41, 5.74) is 5.36. The van der Waals surface area contributed by atoms with Crippen molar-refractivity contribution in [3.8, 4) is 0 Å². The van der Waals surface area contributed by atoms with Gasteiger partial charge in [-0.1, -0.05) is 0 Å². The molecule has 1 aliphatic heterocycles. The largest absolute Gasteiger partial charge is 0.444 e. The summed E-state index contributed by atoms with van der Waals surface area (Å²) in [5, 5.41) is 6.56. The Morgan fingerprint density at radius 3 is 2.44 bits per heavy atom. The van der Waals surface area contributed by atoms with Crippen molar-refractivity contribution in [2.45, 2.75) is 77.7 Å². The van der Waals surface area contributed by atoms with Crippen LogP contribution >= 0.6 is 11.3 Å². The first-order valence-electron chi connectivity index (χ1n) is 11.6. The van der Waals surface area contributed by atoms with Gasteiger partial charge in [0.05, 0.1) is 12.1 Å². The number of nitrogens with two attached hydrogens (primary N) is 1. The summed E-state index contributed by atoms with van der Waals surface area (Å²) in [7, 11) is 0. The molecule has 196 valence electrons. The van der Waals surface area contributed by atoms with Crippen LogP contribution in [0.2, 0.25) is 0 Å². The van der Waals surface area contributed by atoms with Gasteiger partial charge in [-0.3, -0.25) is 14.3 Å². The Bertz CT molecular complexity index is 1210. The Labute approximate surface area is 209 Å². The SMILES string of the molecule is CC(C)(C)OC(=O)N1CCc2c(sc(NC(=O)Cn3nc(C(F)(F)F)c4c3CCCC4)c2C(N)=O)C1. The molecule has 3 amide bonds. The van der Waals surface area contributed by atoms with E-state index in [-0.39, 0.29) is 29.1 Å². The number of rotatable bonds is 4. The number of nitrogens with zero attached hydrogens (tertiary/aromatic N) is 3. The summed E-state index contributed by atoms with van der Waals surface area (Å²) in [6.45, 7) is 5.36. The van der Waals surface area contributed by atoms with Gasteiger partial charge < -0.3 is 20.7 Å². The quantitative estimate of drug-likeness (QED) is 0.626. The lowest BCUT2D eigenvalue weighted by atomic mass is 9.95. The zero-order valence-electron chi connectivity index (χ0n) is 20.3. The van der Waals surface area contributed by atoms with Gasteiger partial charge in [0, 0.05) is 22.7 Å². The third-order valence-corrected chi connectivity index (χ3v) is 7.16.